The van der Waals surface area contributed by atoms with Crippen molar-refractivity contribution < 1.29 is 11.4 Å². The van der Waals surface area contributed by atoms with Gasteiger partial charge in [-0.3, -0.25) is 4.68 Å². The lowest BCUT2D eigenvalue weighted by molar-refractivity contribution is -0.128. The van der Waals surface area contributed by atoms with Crippen LogP contribution < -0.4 is 5.48 Å². The number of fused-ring (bicyclic) bond motifs is 3. The van der Waals surface area contributed by atoms with E-state index >= 15 is 0 Å². The van der Waals surface area contributed by atoms with Crippen LogP contribution in [0.4, 0.5) is 0 Å². The fraction of sp³-hybridized carbons (Fsp3) is 0.611. The highest BCUT2D eigenvalue weighted by Gasteiger charge is 2.55. The Morgan fingerprint density at radius 3 is 2.64 bits per heavy atom. The number of hydrogen-bond acceptors (Lipinski definition) is 4. The van der Waals surface area contributed by atoms with E-state index in [9.17, 15) is 4.79 Å². The molecular weight excluding hydrogens is 340 g/mol. The van der Waals surface area contributed by atoms with Crippen molar-refractivity contribution in [2.45, 2.75) is 46.4 Å². The molecule has 0 aromatic carbocycles. The predicted molar refractivity (Wildman–Crippen MR) is 98.4 cm³/mol. The number of Topliss-reactive ketones (excluding diaryl/α,β-unsaturated/α-hetero) is 1. The molecule has 7 heteroatoms. The third kappa shape index (κ3) is 3.12. The van der Waals surface area contributed by atoms with Crippen LogP contribution in [0.1, 0.15) is 47.2 Å². The molecule has 2 aliphatic carbocycles. The van der Waals surface area contributed by atoms with Crippen molar-refractivity contribution in [2.75, 3.05) is 7.05 Å². The number of aromatic nitrogens is 2. The molecule has 0 unspecified atom stereocenters. The zero-order chi connectivity index (χ0) is 20.3. The maximum absolute atomic E-state index is 12.5. The number of rotatable bonds is 0. The van der Waals surface area contributed by atoms with E-state index in [4.69, 9.17) is 24.8 Å². The molecule has 138 valence electrons. The number of hydrogen-bond donors (Lipinski definition) is 2. The Morgan fingerprint density at radius 2 is 2.12 bits per heavy atom. The smallest absolute Gasteiger partial charge is 0.226 e. The first-order chi connectivity index (χ1) is 12.1. The molecule has 0 aliphatic heterocycles. The topological polar surface area (TPSA) is 71.5 Å². The minimum Gasteiger partial charge on any atom is -0.317 e. The van der Waals surface area contributed by atoms with Crippen LogP contribution in [0.15, 0.2) is 11.8 Å². The van der Waals surface area contributed by atoms with Crippen molar-refractivity contribution in [2.24, 2.45) is 18.4 Å². The third-order valence-corrected chi connectivity index (χ3v) is 5.70. The van der Waals surface area contributed by atoms with Crippen LogP contribution in [0.3, 0.4) is 0 Å². The van der Waals surface area contributed by atoms with Gasteiger partial charge in [0.25, 0.3) is 0 Å². The molecule has 0 spiro atoms. The fourth-order valence-corrected chi connectivity index (χ4v) is 4.38. The third-order valence-electron chi connectivity index (χ3n) is 5.23. The molecule has 0 fully saturated rings. The van der Waals surface area contributed by atoms with Crippen molar-refractivity contribution >= 4 is 17.4 Å². The summed E-state index contributed by atoms with van der Waals surface area (Å²) in [5.41, 5.74) is 3.01. The maximum atomic E-state index is 12.5. The lowest BCUT2D eigenvalue weighted by Gasteiger charge is -2.49. The number of nitrogens with one attached hydrogen (secondary N) is 1. The van der Waals surface area contributed by atoms with E-state index in [1.165, 1.54) is 14.5 Å². The van der Waals surface area contributed by atoms with Crippen LogP contribution >= 0.6 is 11.6 Å². The lowest BCUT2D eigenvalue weighted by atomic mass is 9.53. The van der Waals surface area contributed by atoms with E-state index in [1.54, 1.807) is 10.2 Å². The van der Waals surface area contributed by atoms with Gasteiger partial charge in [0.15, 0.2) is 5.78 Å². The van der Waals surface area contributed by atoms with E-state index in [2.05, 4.69) is 16.9 Å². The number of carbonyl (C=O) groups is 1. The highest BCUT2D eigenvalue weighted by Crippen LogP contribution is 2.55. The first kappa shape index (κ1) is 19.6. The van der Waals surface area contributed by atoms with Gasteiger partial charge in [-0.1, -0.05) is 45.9 Å². The SMILES string of the molecule is CNO.[3H]C.[C-]#[N+]C1=C[C@]2(C)c3nn(C)c(Cl)c3CC[C@H]2C(C)(C)C1=O. The predicted octanol–water partition coefficient (Wildman–Crippen LogP) is 3.54. The Balaban J connectivity index is 0.000000615. The average molecular weight is 369 g/mol. The summed E-state index contributed by atoms with van der Waals surface area (Å²) in [6.07, 6.45) is 3.54. The van der Waals surface area contributed by atoms with Gasteiger partial charge >= 0.3 is 0 Å². The van der Waals surface area contributed by atoms with E-state index in [1.807, 2.05) is 27.0 Å². The minimum absolute atomic E-state index is 0.0505. The van der Waals surface area contributed by atoms with E-state index in [0.717, 1.165) is 24.1 Å². The summed E-state index contributed by atoms with van der Waals surface area (Å²) in [4.78, 5) is 16.0. The number of nitrogens with zero attached hydrogens (tertiary/aromatic N) is 3. The number of carbonyl (C=O) groups excluding carboxylic acids is 1. The summed E-state index contributed by atoms with van der Waals surface area (Å²) in [7, 11) is 4.51. The second-order valence-corrected chi connectivity index (χ2v) is 7.39. The van der Waals surface area contributed by atoms with Crippen LogP contribution in [-0.4, -0.2) is 27.8 Å². The molecule has 6 nitrogen and oxygen atoms in total. The second kappa shape index (κ2) is 7.28. The largest absolute Gasteiger partial charge is 0.317 e. The maximum Gasteiger partial charge on any atom is 0.226 e. The zero-order valence-corrected chi connectivity index (χ0v) is 16.4. The van der Waals surface area contributed by atoms with Gasteiger partial charge in [-0.2, -0.15) is 5.10 Å². The molecule has 0 amide bonds. The quantitative estimate of drug-likeness (QED) is 0.542. The minimum atomic E-state index is -0.551. The molecule has 0 bridgehead atoms. The highest BCUT2D eigenvalue weighted by molar-refractivity contribution is 6.30. The summed E-state index contributed by atoms with van der Waals surface area (Å²) >= 11 is 6.34. The van der Waals surface area contributed by atoms with Gasteiger partial charge in [0.1, 0.15) is 5.15 Å². The summed E-state index contributed by atoms with van der Waals surface area (Å²) in [5.74, 6) is 0.0897. The number of halogens is 1. The van der Waals surface area contributed by atoms with Crippen LogP contribution in [-0.2, 0) is 23.7 Å². The monoisotopic (exact) mass is 368 g/mol. The van der Waals surface area contributed by atoms with Crippen molar-refractivity contribution in [3.05, 3.63) is 39.6 Å². The molecule has 1 aromatic heterocycles. The lowest BCUT2D eigenvalue weighted by Crippen LogP contribution is -2.50. The molecule has 3 rings (SSSR count). The molecule has 25 heavy (non-hydrogen) atoms. The van der Waals surface area contributed by atoms with Crippen LogP contribution in [0.25, 0.3) is 4.85 Å². The Hall–Kier alpha value is -1.68. The molecule has 2 atom stereocenters. The standard InChI is InChI=1S/C16H18ClN3O.CH5NO.CH4/c1-15(2)11-7-6-9-12(19-20(5)14(9)17)16(11,3)8-10(18-4)13(15)21;1-2-3;/h8,11H,6-7H2,1-3,5H3;2-3H,1H3;1H4/t11-,16-;;/m0../s1/i;;1T. The van der Waals surface area contributed by atoms with Gasteiger partial charge in [-0.15, -0.1) is 0 Å². The number of hydroxylamine groups is 1. The van der Waals surface area contributed by atoms with Gasteiger partial charge in [0, 0.05) is 31.9 Å². The molecule has 1 aromatic rings. The van der Waals surface area contributed by atoms with E-state index in [0.29, 0.717) is 5.15 Å². The average Bonchev–Trinajstić information content (AvgIpc) is 2.90. The van der Waals surface area contributed by atoms with Crippen molar-refractivity contribution in [3.8, 4) is 0 Å². The first-order valence-electron chi connectivity index (χ1n) is 8.82. The van der Waals surface area contributed by atoms with Crippen LogP contribution in [0, 0.1) is 17.9 Å². The molecular formula is C18H27ClN4O2. The summed E-state index contributed by atoms with van der Waals surface area (Å²) < 4.78 is 7.44. The Kier molecular flexibility index (Phi) is 5.72. The van der Waals surface area contributed by atoms with Crippen molar-refractivity contribution in [1.29, 1.82) is 0 Å². The Morgan fingerprint density at radius 1 is 1.56 bits per heavy atom. The molecule has 2 aliphatic rings. The van der Waals surface area contributed by atoms with Gasteiger partial charge in [-0.25, -0.2) is 10.3 Å². The summed E-state index contributed by atoms with van der Waals surface area (Å²) in [6.45, 7) is 13.3. The number of ketones is 1. The second-order valence-electron chi connectivity index (χ2n) is 7.03. The van der Waals surface area contributed by atoms with Gasteiger partial charge in [0.05, 0.1) is 12.3 Å². The first-order valence-corrected chi connectivity index (χ1v) is 8.20. The summed E-state index contributed by atoms with van der Waals surface area (Å²) in [5, 5.41) is 12.6. The van der Waals surface area contributed by atoms with Gasteiger partial charge in [0.2, 0.25) is 5.70 Å². The number of allylic oxidation sites excluding steroid dienone is 2. The normalized spacial score (nSPS) is 26.4. The van der Waals surface area contributed by atoms with Gasteiger partial charge in [-0.05, 0) is 18.8 Å². The molecule has 0 radical (unpaired) electrons. The number of aryl methyl sites for hydroxylation is 1. The van der Waals surface area contributed by atoms with Crippen molar-refractivity contribution in [3.63, 3.8) is 0 Å². The Labute approximate surface area is 156 Å². The van der Waals surface area contributed by atoms with Gasteiger partial charge < -0.3 is 10.0 Å². The van der Waals surface area contributed by atoms with Crippen LogP contribution in [0.2, 0.25) is 5.15 Å². The zero-order valence-electron chi connectivity index (χ0n) is 16.6. The highest BCUT2D eigenvalue weighted by atomic mass is 35.5. The molecule has 2 N–H and O–H groups in total. The van der Waals surface area contributed by atoms with Crippen molar-refractivity contribution in [1.82, 2.24) is 15.3 Å². The molecule has 0 saturated heterocycles. The van der Waals surface area contributed by atoms with E-state index in [-0.39, 0.29) is 17.4 Å². The molecule has 1 heterocycles. The summed E-state index contributed by atoms with van der Waals surface area (Å²) in [6, 6.07) is 0. The molecule has 0 saturated carbocycles. The van der Waals surface area contributed by atoms with E-state index < -0.39 is 10.8 Å². The fourth-order valence-electron chi connectivity index (χ4n) is 4.16. The van der Waals surface area contributed by atoms with Crippen LogP contribution in [0.5, 0.6) is 0 Å². The Bertz CT molecular complexity index is 751.